The van der Waals surface area contributed by atoms with E-state index in [1.54, 1.807) is 6.07 Å². The lowest BCUT2D eigenvalue weighted by Gasteiger charge is -2.23. The van der Waals surface area contributed by atoms with Gasteiger partial charge in [0, 0.05) is 5.56 Å². The highest BCUT2D eigenvalue weighted by Gasteiger charge is 2.48. The fourth-order valence-corrected chi connectivity index (χ4v) is 6.07. The first-order valence-electron chi connectivity index (χ1n) is 12.9. The number of hydrogen-bond donors (Lipinski definition) is 1. The number of nitrogens with zero attached hydrogens (tertiary/aromatic N) is 2. The third-order valence-electron chi connectivity index (χ3n) is 6.98. The predicted molar refractivity (Wildman–Crippen MR) is 158 cm³/mol. The number of benzene rings is 4. The van der Waals surface area contributed by atoms with E-state index in [1.807, 2.05) is 106 Å². The SMILES string of the molecule is Cc1ccc(C)c(C(O)=C2C(=O)C(=O)N(c3nc4ccc(C)cc4s3)C2c2cccc(Oc3ccccc3)c2)c1. The van der Waals surface area contributed by atoms with Crippen LogP contribution in [-0.4, -0.2) is 21.8 Å². The molecule has 1 fully saturated rings. The van der Waals surface area contributed by atoms with Crippen LogP contribution in [0.25, 0.3) is 16.0 Å². The van der Waals surface area contributed by atoms with Gasteiger partial charge in [-0.25, -0.2) is 4.98 Å². The number of ketones is 1. The van der Waals surface area contributed by atoms with E-state index in [0.29, 0.717) is 27.8 Å². The van der Waals surface area contributed by atoms with Crippen LogP contribution in [0.2, 0.25) is 0 Å². The molecule has 0 saturated carbocycles. The van der Waals surface area contributed by atoms with Crippen LogP contribution in [0.15, 0.2) is 96.6 Å². The number of hydrogen-bond acceptors (Lipinski definition) is 6. The summed E-state index contributed by atoms with van der Waals surface area (Å²) >= 11 is 1.34. The summed E-state index contributed by atoms with van der Waals surface area (Å²) < 4.78 is 6.98. The normalized spacial score (nSPS) is 16.6. The Labute approximate surface area is 235 Å². The van der Waals surface area contributed by atoms with Gasteiger partial charge in [0.1, 0.15) is 17.3 Å². The van der Waals surface area contributed by atoms with E-state index in [4.69, 9.17) is 9.72 Å². The molecule has 1 atom stereocenters. The highest BCUT2D eigenvalue weighted by Crippen LogP contribution is 2.45. The summed E-state index contributed by atoms with van der Waals surface area (Å²) in [6, 6.07) is 27.2. The summed E-state index contributed by atoms with van der Waals surface area (Å²) in [5.41, 5.74) is 4.69. The number of Topliss-reactive ketones (excluding diaryl/α,β-unsaturated/α-hetero) is 1. The molecule has 1 amide bonds. The molecule has 1 N–H and O–H groups in total. The first kappa shape index (κ1) is 25.5. The standard InChI is InChI=1S/C33H26N2O4S/c1-19-12-14-21(3)25(16-19)30(36)28-29(22-8-7-11-24(18-22)39-23-9-5-4-6-10-23)35(32(38)31(28)37)33-34-26-15-13-20(2)17-27(26)40-33/h4-18,29,36H,1-3H3. The van der Waals surface area contributed by atoms with Gasteiger partial charge in [0.25, 0.3) is 5.78 Å². The van der Waals surface area contributed by atoms with E-state index < -0.39 is 17.7 Å². The van der Waals surface area contributed by atoms with Crippen molar-refractivity contribution in [1.82, 2.24) is 4.98 Å². The van der Waals surface area contributed by atoms with E-state index >= 15 is 0 Å². The van der Waals surface area contributed by atoms with Crippen LogP contribution < -0.4 is 9.64 Å². The zero-order valence-electron chi connectivity index (χ0n) is 22.2. The Kier molecular flexibility index (Phi) is 6.44. The van der Waals surface area contributed by atoms with E-state index in [0.717, 1.165) is 26.9 Å². The number of aryl methyl sites for hydroxylation is 3. The maximum Gasteiger partial charge on any atom is 0.301 e. The number of para-hydroxylation sites is 1. The molecule has 0 spiro atoms. The summed E-state index contributed by atoms with van der Waals surface area (Å²) in [5, 5.41) is 12.0. The third-order valence-corrected chi connectivity index (χ3v) is 8.00. The fraction of sp³-hybridized carbons (Fsp3) is 0.121. The van der Waals surface area contributed by atoms with Crippen molar-refractivity contribution in [3.8, 4) is 11.5 Å². The number of ether oxygens (including phenoxy) is 1. The quantitative estimate of drug-likeness (QED) is 0.139. The molecule has 0 aliphatic carbocycles. The van der Waals surface area contributed by atoms with Crippen molar-refractivity contribution in [2.24, 2.45) is 0 Å². The van der Waals surface area contributed by atoms with Crippen molar-refractivity contribution < 1.29 is 19.4 Å². The molecule has 1 aromatic heterocycles. The lowest BCUT2D eigenvalue weighted by Crippen LogP contribution is -2.29. The number of thiazole rings is 1. The van der Waals surface area contributed by atoms with Gasteiger partial charge in [-0.2, -0.15) is 0 Å². The molecule has 1 saturated heterocycles. The van der Waals surface area contributed by atoms with Crippen molar-refractivity contribution in [2.45, 2.75) is 26.8 Å². The molecule has 4 aromatic carbocycles. The molecule has 40 heavy (non-hydrogen) atoms. The lowest BCUT2D eigenvalue weighted by molar-refractivity contribution is -0.132. The van der Waals surface area contributed by atoms with Crippen molar-refractivity contribution >= 4 is 44.1 Å². The van der Waals surface area contributed by atoms with Crippen molar-refractivity contribution in [3.05, 3.63) is 124 Å². The maximum absolute atomic E-state index is 13.7. The monoisotopic (exact) mass is 546 g/mol. The molecular formula is C33H26N2O4S. The number of amides is 1. The minimum Gasteiger partial charge on any atom is -0.507 e. The molecule has 2 heterocycles. The molecule has 7 heteroatoms. The Hall–Kier alpha value is -4.75. The number of anilines is 1. The summed E-state index contributed by atoms with van der Waals surface area (Å²) in [6.45, 7) is 5.77. The zero-order valence-corrected chi connectivity index (χ0v) is 23.0. The van der Waals surface area contributed by atoms with Crippen molar-refractivity contribution in [3.63, 3.8) is 0 Å². The zero-order chi connectivity index (χ0) is 28.0. The number of aliphatic hydroxyl groups is 1. The van der Waals surface area contributed by atoms with Gasteiger partial charge in [-0.05, 0) is 79.9 Å². The Bertz CT molecular complexity index is 1820. The minimum atomic E-state index is -0.902. The largest absolute Gasteiger partial charge is 0.507 e. The number of carbonyl (C=O) groups is 2. The first-order valence-corrected chi connectivity index (χ1v) is 13.7. The smallest absolute Gasteiger partial charge is 0.301 e. The molecular weight excluding hydrogens is 520 g/mol. The Balaban J connectivity index is 1.55. The second kappa shape index (κ2) is 10.1. The average molecular weight is 547 g/mol. The predicted octanol–water partition coefficient (Wildman–Crippen LogP) is 7.64. The van der Waals surface area contributed by atoms with Gasteiger partial charge in [-0.1, -0.05) is 65.4 Å². The molecule has 0 bridgehead atoms. The third kappa shape index (κ3) is 4.54. The van der Waals surface area contributed by atoms with Gasteiger partial charge in [-0.3, -0.25) is 14.5 Å². The van der Waals surface area contributed by atoms with E-state index in [9.17, 15) is 14.7 Å². The molecule has 1 aliphatic heterocycles. The minimum absolute atomic E-state index is 0.0194. The molecule has 1 unspecified atom stereocenters. The van der Waals surface area contributed by atoms with Crippen LogP contribution >= 0.6 is 11.3 Å². The van der Waals surface area contributed by atoms with E-state index in [2.05, 4.69) is 0 Å². The van der Waals surface area contributed by atoms with Crippen LogP contribution in [0.5, 0.6) is 11.5 Å². The summed E-state index contributed by atoms with van der Waals surface area (Å²) in [7, 11) is 0. The number of rotatable bonds is 5. The lowest BCUT2D eigenvalue weighted by atomic mass is 9.93. The average Bonchev–Trinajstić information content (AvgIpc) is 3.48. The number of fused-ring (bicyclic) bond motifs is 1. The number of carbonyl (C=O) groups excluding carboxylic acids is 2. The van der Waals surface area contributed by atoms with Gasteiger partial charge in [-0.15, -0.1) is 0 Å². The summed E-state index contributed by atoms with van der Waals surface area (Å²) in [6.07, 6.45) is 0. The Morgan fingerprint density at radius 2 is 1.57 bits per heavy atom. The molecule has 198 valence electrons. The molecule has 1 aliphatic rings. The van der Waals surface area contributed by atoms with Crippen LogP contribution in [0.3, 0.4) is 0 Å². The number of aromatic nitrogens is 1. The van der Waals surface area contributed by atoms with Gasteiger partial charge in [0.15, 0.2) is 5.13 Å². The topological polar surface area (TPSA) is 79.7 Å². The first-order chi connectivity index (χ1) is 19.3. The Morgan fingerprint density at radius 1 is 0.850 bits per heavy atom. The Morgan fingerprint density at radius 3 is 2.38 bits per heavy atom. The maximum atomic E-state index is 13.7. The summed E-state index contributed by atoms with van der Waals surface area (Å²) in [5.74, 6) is -0.500. The number of aliphatic hydroxyl groups excluding tert-OH is 1. The molecule has 6 nitrogen and oxygen atoms in total. The second-order valence-corrected chi connectivity index (χ2v) is 11.0. The van der Waals surface area contributed by atoms with Crippen molar-refractivity contribution in [1.29, 1.82) is 0 Å². The van der Waals surface area contributed by atoms with Gasteiger partial charge < -0.3 is 9.84 Å². The van der Waals surface area contributed by atoms with Crippen LogP contribution in [0.4, 0.5) is 5.13 Å². The van der Waals surface area contributed by atoms with Gasteiger partial charge in [0.2, 0.25) is 0 Å². The summed E-state index contributed by atoms with van der Waals surface area (Å²) in [4.78, 5) is 33.5. The highest BCUT2D eigenvalue weighted by atomic mass is 32.1. The van der Waals surface area contributed by atoms with Crippen LogP contribution in [0.1, 0.15) is 33.9 Å². The molecule has 6 rings (SSSR count). The molecule has 0 radical (unpaired) electrons. The van der Waals surface area contributed by atoms with Gasteiger partial charge >= 0.3 is 5.91 Å². The fourth-order valence-electron chi connectivity index (χ4n) is 4.98. The highest BCUT2D eigenvalue weighted by molar-refractivity contribution is 7.22. The molecule has 5 aromatic rings. The van der Waals surface area contributed by atoms with Crippen LogP contribution in [-0.2, 0) is 9.59 Å². The van der Waals surface area contributed by atoms with Crippen molar-refractivity contribution in [2.75, 3.05) is 4.90 Å². The van der Waals surface area contributed by atoms with Crippen LogP contribution in [0, 0.1) is 20.8 Å². The second-order valence-electron chi connectivity index (χ2n) is 9.94. The van der Waals surface area contributed by atoms with E-state index in [1.165, 1.54) is 16.2 Å². The van der Waals surface area contributed by atoms with Gasteiger partial charge in [0.05, 0.1) is 21.8 Å². The van der Waals surface area contributed by atoms with E-state index in [-0.39, 0.29) is 11.3 Å².